The van der Waals surface area contributed by atoms with Gasteiger partial charge in [-0.2, -0.15) is 0 Å². The predicted molar refractivity (Wildman–Crippen MR) is 95.8 cm³/mol. The first-order chi connectivity index (χ1) is 10.9. The maximum Gasteiger partial charge on any atom is 0.223 e. The molecule has 1 N–H and O–H groups in total. The molecule has 0 aromatic carbocycles. The summed E-state index contributed by atoms with van der Waals surface area (Å²) in [6, 6.07) is 0.484. The maximum atomic E-state index is 13.0. The van der Waals surface area contributed by atoms with E-state index in [0.29, 0.717) is 21.7 Å². The second-order valence-corrected chi connectivity index (χ2v) is 11.2. The van der Waals surface area contributed by atoms with Gasteiger partial charge >= 0.3 is 0 Å². The number of hydrogen-bond acceptors (Lipinski definition) is 1. The Balaban J connectivity index is 1.42. The van der Waals surface area contributed by atoms with Gasteiger partial charge in [0.1, 0.15) is 0 Å². The smallest absolute Gasteiger partial charge is 0.223 e. The van der Waals surface area contributed by atoms with Gasteiger partial charge in [-0.25, -0.2) is 0 Å². The number of rotatable bonds is 3. The average molecular weight is 384 g/mol. The summed E-state index contributed by atoms with van der Waals surface area (Å²) < 4.78 is 0.368. The lowest BCUT2D eigenvalue weighted by Crippen LogP contribution is -3.10. The molecule has 4 saturated carbocycles. The lowest BCUT2D eigenvalue weighted by molar-refractivity contribution is -0.885. The molecule has 1 aliphatic heterocycles. The highest BCUT2D eigenvalue weighted by molar-refractivity contribution is 9.10. The van der Waals surface area contributed by atoms with E-state index in [0.717, 1.165) is 18.3 Å². The predicted octanol–water partition coefficient (Wildman–Crippen LogP) is 2.25. The van der Waals surface area contributed by atoms with Crippen LogP contribution in [0.2, 0.25) is 0 Å². The van der Waals surface area contributed by atoms with Gasteiger partial charge in [-0.15, -0.1) is 0 Å². The van der Waals surface area contributed by atoms with Crippen LogP contribution in [0.4, 0.5) is 0 Å². The van der Waals surface area contributed by atoms with Gasteiger partial charge in [0.25, 0.3) is 0 Å². The fourth-order valence-corrected chi connectivity index (χ4v) is 8.18. The molecule has 4 aliphatic carbocycles. The number of amides is 1. The molecule has 0 aromatic heterocycles. The third-order valence-electron chi connectivity index (χ3n) is 7.39. The van der Waals surface area contributed by atoms with Crippen LogP contribution in [0.3, 0.4) is 0 Å². The van der Waals surface area contributed by atoms with Gasteiger partial charge in [0.05, 0.1) is 20.1 Å². The van der Waals surface area contributed by atoms with Crippen molar-refractivity contribution in [3.8, 4) is 0 Å². The van der Waals surface area contributed by atoms with Crippen molar-refractivity contribution in [1.29, 1.82) is 0 Å². The van der Waals surface area contributed by atoms with Crippen molar-refractivity contribution in [3.63, 3.8) is 0 Å². The van der Waals surface area contributed by atoms with E-state index in [1.807, 2.05) is 0 Å². The minimum absolute atomic E-state index is 0.315. The molecule has 2 unspecified atom stereocenters. The second-order valence-electron chi connectivity index (χ2n) is 9.48. The number of nitrogens with zero attached hydrogens (tertiary/aromatic N) is 1. The lowest BCUT2D eigenvalue weighted by atomic mass is 9.48. The Morgan fingerprint density at radius 1 is 1.17 bits per heavy atom. The number of carbonyl (C=O) groups excluding carboxylic acids is 1. The Kier molecular flexibility index (Phi) is 4.08. The van der Waals surface area contributed by atoms with E-state index in [-0.39, 0.29) is 0 Å². The molecule has 4 atom stereocenters. The molecule has 0 radical (unpaired) electrons. The molecule has 1 saturated heterocycles. The zero-order chi connectivity index (χ0) is 16.2. The number of likely N-dealkylation sites (tertiary alicyclic amines) is 1. The summed E-state index contributed by atoms with van der Waals surface area (Å²) in [5.74, 6) is 2.17. The molecule has 0 spiro atoms. The zero-order valence-corrected chi connectivity index (χ0v) is 16.3. The van der Waals surface area contributed by atoms with Crippen LogP contribution in [0.25, 0.3) is 0 Å². The van der Waals surface area contributed by atoms with Crippen molar-refractivity contribution in [2.75, 3.05) is 27.2 Å². The fourth-order valence-electron chi connectivity index (χ4n) is 6.67. The van der Waals surface area contributed by atoms with Crippen LogP contribution in [0.5, 0.6) is 0 Å². The number of piperidine rings is 1. The highest BCUT2D eigenvalue weighted by Crippen LogP contribution is 2.65. The molecule has 130 valence electrons. The first kappa shape index (κ1) is 16.4. The van der Waals surface area contributed by atoms with Crippen molar-refractivity contribution < 1.29 is 9.69 Å². The largest absolute Gasteiger partial charge is 0.342 e. The van der Waals surface area contributed by atoms with Gasteiger partial charge in [-0.3, -0.25) is 4.79 Å². The van der Waals surface area contributed by atoms with Gasteiger partial charge in [-0.1, -0.05) is 15.9 Å². The number of alkyl halides is 1. The van der Waals surface area contributed by atoms with Crippen molar-refractivity contribution in [3.05, 3.63) is 0 Å². The maximum absolute atomic E-state index is 13.0. The molecule has 3 nitrogen and oxygen atoms in total. The van der Waals surface area contributed by atoms with Crippen LogP contribution in [0, 0.1) is 17.3 Å². The summed E-state index contributed by atoms with van der Waals surface area (Å²) in [4.78, 5) is 16.7. The van der Waals surface area contributed by atoms with E-state index in [1.165, 1.54) is 64.5 Å². The van der Waals surface area contributed by atoms with E-state index in [4.69, 9.17) is 0 Å². The molecule has 5 rings (SSSR count). The summed E-state index contributed by atoms with van der Waals surface area (Å²) >= 11 is 4.08. The van der Waals surface area contributed by atoms with E-state index >= 15 is 0 Å². The third kappa shape index (κ3) is 3.10. The van der Waals surface area contributed by atoms with Crippen LogP contribution in [-0.2, 0) is 4.79 Å². The normalized spacial score (nSPS) is 48.5. The first-order valence-corrected chi connectivity index (χ1v) is 10.4. The zero-order valence-electron chi connectivity index (χ0n) is 14.7. The van der Waals surface area contributed by atoms with Gasteiger partial charge < -0.3 is 9.80 Å². The third-order valence-corrected chi connectivity index (χ3v) is 8.31. The van der Waals surface area contributed by atoms with Crippen LogP contribution in [0.15, 0.2) is 0 Å². The Morgan fingerprint density at radius 3 is 2.35 bits per heavy atom. The first-order valence-electron chi connectivity index (χ1n) is 9.62. The SMILES string of the molecule is CN(C(=O)CC12C[C@@H]3C[C@@H](CC(Br)(C3)C1)C2)C1CC[NH+](C)CC1. The molecule has 23 heavy (non-hydrogen) atoms. The fraction of sp³-hybridized carbons (Fsp3) is 0.947. The Labute approximate surface area is 149 Å². The summed E-state index contributed by atoms with van der Waals surface area (Å²) in [5.41, 5.74) is 0.315. The van der Waals surface area contributed by atoms with E-state index in [2.05, 4.69) is 34.9 Å². The van der Waals surface area contributed by atoms with E-state index in [9.17, 15) is 4.79 Å². The summed E-state index contributed by atoms with van der Waals surface area (Å²) in [6.45, 7) is 2.42. The van der Waals surface area contributed by atoms with Gasteiger partial charge in [0.15, 0.2) is 0 Å². The van der Waals surface area contributed by atoms with E-state index < -0.39 is 0 Å². The van der Waals surface area contributed by atoms with Crippen LogP contribution < -0.4 is 4.90 Å². The van der Waals surface area contributed by atoms with Crippen LogP contribution in [-0.4, -0.2) is 48.4 Å². The van der Waals surface area contributed by atoms with E-state index in [1.54, 1.807) is 4.90 Å². The molecule has 1 heterocycles. The standard InChI is InChI=1S/C19H31BrN2O/c1-21-5-3-16(4-6-21)22(2)17(23)12-18-8-14-7-15(9-18)11-19(20,10-14)13-18/h14-16H,3-13H2,1-2H3/p+1/t14-,15+,18?,19?. The minimum Gasteiger partial charge on any atom is -0.342 e. The highest BCUT2D eigenvalue weighted by Gasteiger charge is 2.57. The minimum atomic E-state index is 0.315. The summed E-state index contributed by atoms with van der Waals surface area (Å²) in [7, 11) is 4.33. The molecule has 4 bridgehead atoms. The molecule has 4 heteroatoms. The lowest BCUT2D eigenvalue weighted by Gasteiger charge is -2.60. The van der Waals surface area contributed by atoms with Crippen molar-refractivity contribution in [1.82, 2.24) is 4.90 Å². The Morgan fingerprint density at radius 2 is 1.78 bits per heavy atom. The molecular formula is C19H32BrN2O+. The Bertz CT molecular complexity index is 472. The quantitative estimate of drug-likeness (QED) is 0.742. The summed E-state index contributed by atoms with van der Waals surface area (Å²) in [6.07, 6.45) is 11.2. The van der Waals surface area contributed by atoms with Crippen LogP contribution in [0.1, 0.15) is 57.8 Å². The molecule has 0 aromatic rings. The van der Waals surface area contributed by atoms with Gasteiger partial charge in [0, 0.05) is 36.7 Å². The topological polar surface area (TPSA) is 24.8 Å². The number of hydrogen-bond donors (Lipinski definition) is 1. The van der Waals surface area contributed by atoms with Crippen molar-refractivity contribution in [2.45, 2.75) is 68.2 Å². The number of carbonyl (C=O) groups is 1. The monoisotopic (exact) mass is 383 g/mol. The van der Waals surface area contributed by atoms with Gasteiger partial charge in [0.2, 0.25) is 5.91 Å². The molecule has 1 amide bonds. The van der Waals surface area contributed by atoms with Crippen molar-refractivity contribution >= 4 is 21.8 Å². The number of halogens is 1. The Hall–Kier alpha value is -0.0900. The number of quaternary nitrogens is 1. The van der Waals surface area contributed by atoms with Crippen LogP contribution >= 0.6 is 15.9 Å². The molecule has 5 fully saturated rings. The van der Waals surface area contributed by atoms with Crippen molar-refractivity contribution in [2.24, 2.45) is 17.3 Å². The summed E-state index contributed by atoms with van der Waals surface area (Å²) in [5, 5.41) is 0. The highest BCUT2D eigenvalue weighted by atomic mass is 79.9. The molecular weight excluding hydrogens is 352 g/mol. The average Bonchev–Trinajstić information content (AvgIpc) is 2.44. The molecule has 5 aliphatic rings. The second kappa shape index (κ2) is 5.72. The van der Waals surface area contributed by atoms with Gasteiger partial charge in [-0.05, 0) is 55.8 Å². The number of nitrogens with one attached hydrogen (secondary N) is 1.